The van der Waals surface area contributed by atoms with Gasteiger partial charge in [-0.3, -0.25) is 0 Å². The summed E-state index contributed by atoms with van der Waals surface area (Å²) in [6.45, 7) is 11.1. The fourth-order valence-corrected chi connectivity index (χ4v) is 5.68. The number of methoxy groups -OCH3 is 2. The van der Waals surface area contributed by atoms with E-state index in [-0.39, 0.29) is 25.4 Å². The maximum atomic E-state index is 13.8. The summed E-state index contributed by atoms with van der Waals surface area (Å²) in [6.07, 6.45) is 0. The zero-order valence-electron chi connectivity index (χ0n) is 24.9. The molecule has 4 aromatic rings. The number of aromatic nitrogens is 3. The molecular weight excluding hydrogens is 522 g/mol. The van der Waals surface area contributed by atoms with E-state index in [2.05, 4.69) is 0 Å². The molecule has 0 saturated heterocycles. The van der Waals surface area contributed by atoms with Gasteiger partial charge >= 0.3 is 17.1 Å². The third-order valence-corrected chi connectivity index (χ3v) is 7.41. The van der Waals surface area contributed by atoms with Crippen LogP contribution in [0.25, 0.3) is 0 Å². The topological polar surface area (TPSA) is 105 Å². The average Bonchev–Trinajstić information content (AvgIpc) is 2.90. The van der Waals surface area contributed by atoms with E-state index in [0.29, 0.717) is 16.7 Å². The van der Waals surface area contributed by atoms with Crippen molar-refractivity contribution < 1.29 is 14.6 Å². The Morgan fingerprint density at radius 2 is 0.756 bits per heavy atom. The predicted molar refractivity (Wildman–Crippen MR) is 159 cm³/mol. The minimum absolute atomic E-state index is 0.0159. The Morgan fingerprint density at radius 3 is 1.00 bits per heavy atom. The zero-order valence-corrected chi connectivity index (χ0v) is 24.9. The minimum atomic E-state index is -0.701. The lowest BCUT2D eigenvalue weighted by atomic mass is 10.1. The second-order valence-electron chi connectivity index (χ2n) is 10.7. The van der Waals surface area contributed by atoms with Gasteiger partial charge in [-0.1, -0.05) is 36.4 Å². The Hall–Kier alpha value is -4.53. The molecule has 0 amide bonds. The number of nitrogens with zero attached hydrogens (tertiary/aromatic N) is 3. The quantitative estimate of drug-likeness (QED) is 0.351. The lowest BCUT2D eigenvalue weighted by Crippen LogP contribution is -2.54. The largest absolute Gasteiger partial charge is 0.507 e. The van der Waals surface area contributed by atoms with Crippen molar-refractivity contribution >= 4 is 0 Å². The lowest BCUT2D eigenvalue weighted by molar-refractivity contribution is 0.408. The molecule has 0 atom stereocenters. The standard InChI is InChI=1S/C32H37N3O6/c1-18-9-24(10-19(2)27(18)36)15-33-30(37)34(16-25-11-20(3)28(40-7)21(4)12-25)32(39)35(31(33)38)17-26-13-22(5)29(41-8)23(6)14-26/h9-14,36H,15-17H2,1-8H3. The molecule has 1 aromatic heterocycles. The Kier molecular flexibility index (Phi) is 8.28. The average molecular weight is 560 g/mol. The molecule has 41 heavy (non-hydrogen) atoms. The van der Waals surface area contributed by atoms with Gasteiger partial charge in [0.15, 0.2) is 0 Å². The Balaban J connectivity index is 1.92. The molecule has 0 aliphatic carbocycles. The third kappa shape index (κ3) is 5.70. The number of ether oxygens (including phenoxy) is 2. The number of phenolic OH excluding ortho intramolecular Hbond substituents is 1. The Labute approximate surface area is 238 Å². The van der Waals surface area contributed by atoms with Crippen LogP contribution in [0.1, 0.15) is 50.1 Å². The molecule has 1 N–H and O–H groups in total. The number of hydrogen-bond donors (Lipinski definition) is 1. The first-order chi connectivity index (χ1) is 19.4. The first-order valence-electron chi connectivity index (χ1n) is 13.4. The predicted octanol–water partition coefficient (Wildman–Crippen LogP) is 3.89. The van der Waals surface area contributed by atoms with Crippen LogP contribution in [0, 0.1) is 41.5 Å². The van der Waals surface area contributed by atoms with Gasteiger partial charge in [-0.25, -0.2) is 28.1 Å². The molecule has 0 saturated carbocycles. The van der Waals surface area contributed by atoms with Gasteiger partial charge in [0, 0.05) is 0 Å². The highest BCUT2D eigenvalue weighted by Crippen LogP contribution is 2.26. The molecular formula is C32H37N3O6. The van der Waals surface area contributed by atoms with Gasteiger partial charge in [0.1, 0.15) is 17.2 Å². The van der Waals surface area contributed by atoms with E-state index < -0.39 is 17.1 Å². The molecule has 0 aliphatic rings. The molecule has 216 valence electrons. The number of aromatic hydroxyl groups is 1. The van der Waals surface area contributed by atoms with Gasteiger partial charge in [0.05, 0.1) is 33.9 Å². The minimum Gasteiger partial charge on any atom is -0.507 e. The summed E-state index contributed by atoms with van der Waals surface area (Å²) < 4.78 is 14.2. The Morgan fingerprint density at radius 1 is 0.512 bits per heavy atom. The van der Waals surface area contributed by atoms with Crippen molar-refractivity contribution in [3.05, 3.63) is 118 Å². The van der Waals surface area contributed by atoms with E-state index in [9.17, 15) is 19.5 Å². The van der Waals surface area contributed by atoms with Crippen molar-refractivity contribution in [1.82, 2.24) is 13.7 Å². The summed E-state index contributed by atoms with van der Waals surface area (Å²) in [5, 5.41) is 10.2. The van der Waals surface area contributed by atoms with Crippen LogP contribution in [0.15, 0.2) is 50.8 Å². The number of rotatable bonds is 8. The van der Waals surface area contributed by atoms with Crippen molar-refractivity contribution in [1.29, 1.82) is 0 Å². The summed E-state index contributed by atoms with van der Waals surface area (Å²) in [4.78, 5) is 41.3. The fraction of sp³-hybridized carbons (Fsp3) is 0.344. The second-order valence-corrected chi connectivity index (χ2v) is 10.7. The SMILES string of the molecule is COc1c(C)cc(Cn2c(=O)n(Cc3cc(C)c(O)c(C)c3)c(=O)n(Cc3cc(C)c(OC)c(C)c3)c2=O)cc1C. The van der Waals surface area contributed by atoms with E-state index in [1.54, 1.807) is 40.2 Å². The normalized spacial score (nSPS) is 11.1. The maximum absolute atomic E-state index is 13.8. The van der Waals surface area contributed by atoms with Gasteiger partial charge in [0.25, 0.3) is 0 Å². The number of aryl methyl sites for hydroxylation is 6. The van der Waals surface area contributed by atoms with Crippen molar-refractivity contribution in [2.75, 3.05) is 14.2 Å². The molecule has 9 heteroatoms. The van der Waals surface area contributed by atoms with Gasteiger partial charge in [0.2, 0.25) is 0 Å². The summed E-state index contributed by atoms with van der Waals surface area (Å²) >= 11 is 0. The summed E-state index contributed by atoms with van der Waals surface area (Å²) in [7, 11) is 3.20. The fourth-order valence-electron chi connectivity index (χ4n) is 5.68. The lowest BCUT2D eigenvalue weighted by Gasteiger charge is -2.17. The van der Waals surface area contributed by atoms with Crippen LogP contribution in [0.5, 0.6) is 17.2 Å². The summed E-state index contributed by atoms with van der Waals surface area (Å²) in [5.41, 5.74) is 4.84. The molecule has 3 aromatic carbocycles. The molecule has 0 unspecified atom stereocenters. The molecule has 9 nitrogen and oxygen atoms in total. The van der Waals surface area contributed by atoms with Crippen LogP contribution in [0.4, 0.5) is 0 Å². The number of hydrogen-bond acceptors (Lipinski definition) is 6. The van der Waals surface area contributed by atoms with Crippen LogP contribution < -0.4 is 26.5 Å². The first kappa shape index (κ1) is 29.5. The molecule has 1 heterocycles. The van der Waals surface area contributed by atoms with Gasteiger partial charge < -0.3 is 14.6 Å². The molecule has 0 aliphatic heterocycles. The van der Waals surface area contributed by atoms with Crippen LogP contribution in [0.2, 0.25) is 0 Å². The summed E-state index contributed by atoms with van der Waals surface area (Å²) in [6, 6.07) is 11.0. The van der Waals surface area contributed by atoms with Crippen LogP contribution in [-0.4, -0.2) is 33.0 Å². The first-order valence-corrected chi connectivity index (χ1v) is 13.4. The van der Waals surface area contributed by atoms with E-state index in [4.69, 9.17) is 9.47 Å². The van der Waals surface area contributed by atoms with E-state index in [1.807, 2.05) is 52.0 Å². The molecule has 0 bridgehead atoms. The second kappa shape index (κ2) is 11.5. The number of phenols is 1. The molecule has 0 spiro atoms. The van der Waals surface area contributed by atoms with Crippen molar-refractivity contribution in [2.45, 2.75) is 61.2 Å². The highest BCUT2D eigenvalue weighted by atomic mass is 16.5. The van der Waals surface area contributed by atoms with Gasteiger partial charge in [-0.15, -0.1) is 0 Å². The maximum Gasteiger partial charge on any atom is 0.336 e. The number of benzene rings is 3. The molecule has 0 fully saturated rings. The van der Waals surface area contributed by atoms with E-state index >= 15 is 0 Å². The van der Waals surface area contributed by atoms with Crippen LogP contribution >= 0.6 is 0 Å². The monoisotopic (exact) mass is 559 g/mol. The molecule has 4 rings (SSSR count). The van der Waals surface area contributed by atoms with Gasteiger partial charge in [-0.2, -0.15) is 0 Å². The van der Waals surface area contributed by atoms with Crippen LogP contribution in [0.3, 0.4) is 0 Å². The molecule has 0 radical (unpaired) electrons. The Bertz CT molecular complexity index is 1660. The van der Waals surface area contributed by atoms with E-state index in [0.717, 1.165) is 58.6 Å². The van der Waals surface area contributed by atoms with Gasteiger partial charge in [-0.05, 0) is 91.6 Å². The van der Waals surface area contributed by atoms with Crippen LogP contribution in [-0.2, 0) is 19.6 Å². The third-order valence-electron chi connectivity index (χ3n) is 7.41. The van der Waals surface area contributed by atoms with Crippen molar-refractivity contribution in [3.8, 4) is 17.2 Å². The van der Waals surface area contributed by atoms with E-state index in [1.165, 1.54) is 0 Å². The van der Waals surface area contributed by atoms with Crippen molar-refractivity contribution in [3.63, 3.8) is 0 Å². The highest BCUT2D eigenvalue weighted by molar-refractivity contribution is 5.45. The smallest absolute Gasteiger partial charge is 0.336 e. The van der Waals surface area contributed by atoms with Crippen molar-refractivity contribution in [2.24, 2.45) is 0 Å². The summed E-state index contributed by atoms with van der Waals surface area (Å²) in [5.74, 6) is 1.65. The zero-order chi connectivity index (χ0) is 30.2. The highest BCUT2D eigenvalue weighted by Gasteiger charge is 2.19.